The Labute approximate surface area is 229 Å². The molecule has 1 aromatic heterocycles. The van der Waals surface area contributed by atoms with Gasteiger partial charge in [-0.25, -0.2) is 8.96 Å². The molecule has 0 fully saturated rings. The van der Waals surface area contributed by atoms with Crippen LogP contribution < -0.4 is 14.9 Å². The molecular weight excluding hydrogens is 524 g/mol. The Hall–Kier alpha value is -2.71. The van der Waals surface area contributed by atoms with Gasteiger partial charge >= 0.3 is 7.82 Å². The van der Waals surface area contributed by atoms with E-state index in [1.54, 1.807) is 65.8 Å². The largest absolute Gasteiger partial charge is 0.494 e. The van der Waals surface area contributed by atoms with E-state index in [1.165, 1.54) is 22.9 Å². The molecule has 1 heterocycles. The molecule has 0 amide bonds. The lowest BCUT2D eigenvalue weighted by Crippen LogP contribution is -2.25. The molecule has 0 N–H and O–H groups in total. The van der Waals surface area contributed by atoms with Crippen molar-refractivity contribution in [3.05, 3.63) is 58.6 Å². The van der Waals surface area contributed by atoms with Crippen LogP contribution in [0.2, 0.25) is 0 Å². The third-order valence-corrected chi connectivity index (χ3v) is 7.17. The van der Waals surface area contributed by atoms with E-state index in [4.69, 9.17) is 23.0 Å². The van der Waals surface area contributed by atoms with E-state index in [2.05, 4.69) is 0 Å². The summed E-state index contributed by atoms with van der Waals surface area (Å²) in [7, 11) is -4.12. The summed E-state index contributed by atoms with van der Waals surface area (Å²) in [5.41, 5.74) is -1.24. The normalized spacial score (nSPS) is 12.6. The van der Waals surface area contributed by atoms with Gasteiger partial charge in [-0.2, -0.15) is 0 Å². The maximum Gasteiger partial charge on any atom is 0.477 e. The average molecular weight is 564 g/mol. The molecule has 0 radical (unpaired) electrons. The van der Waals surface area contributed by atoms with Gasteiger partial charge in [0.2, 0.25) is 0 Å². The number of aromatic nitrogens is 1. The molecular formula is C29H39FNO7P. The van der Waals surface area contributed by atoms with E-state index < -0.39 is 30.3 Å². The van der Waals surface area contributed by atoms with E-state index in [1.807, 2.05) is 13.8 Å². The zero-order valence-electron chi connectivity index (χ0n) is 24.0. The van der Waals surface area contributed by atoms with E-state index in [0.717, 1.165) is 0 Å². The van der Waals surface area contributed by atoms with Crippen molar-refractivity contribution in [2.45, 2.75) is 79.7 Å². The molecule has 0 saturated heterocycles. The summed E-state index contributed by atoms with van der Waals surface area (Å²) in [6, 6.07) is 9.61. The molecule has 0 spiro atoms. The molecule has 0 saturated carbocycles. The summed E-state index contributed by atoms with van der Waals surface area (Å²) >= 11 is 0. The first kappa shape index (κ1) is 30.8. The number of halogens is 1. The van der Waals surface area contributed by atoms with Crippen molar-refractivity contribution in [1.29, 1.82) is 0 Å². The monoisotopic (exact) mass is 563 g/mol. The molecule has 0 aliphatic heterocycles. The van der Waals surface area contributed by atoms with Gasteiger partial charge in [0.05, 0.1) is 35.3 Å². The Morgan fingerprint density at radius 1 is 0.897 bits per heavy atom. The molecule has 0 bridgehead atoms. The topological polar surface area (TPSA) is 85.2 Å². The van der Waals surface area contributed by atoms with E-state index in [-0.39, 0.29) is 23.2 Å². The molecule has 39 heavy (non-hydrogen) atoms. The molecule has 10 heteroatoms. The lowest BCUT2D eigenvalue weighted by molar-refractivity contribution is -0.00573. The van der Waals surface area contributed by atoms with E-state index in [9.17, 15) is 9.36 Å². The SMILES string of the molecule is CCCOc1ccc(F)c2c(=O)c(-c3ccc(OCC)cc3)cn(COP(=O)(OC(C)(C)C)OC(C)(C)C)c12. The Morgan fingerprint density at radius 3 is 2.05 bits per heavy atom. The van der Waals surface area contributed by atoms with Gasteiger partial charge in [0.25, 0.3) is 0 Å². The highest BCUT2D eigenvalue weighted by molar-refractivity contribution is 7.48. The molecule has 8 nitrogen and oxygen atoms in total. The Kier molecular flexibility index (Phi) is 9.65. The van der Waals surface area contributed by atoms with Crippen molar-refractivity contribution in [3.63, 3.8) is 0 Å². The molecule has 0 unspecified atom stereocenters. The maximum absolute atomic E-state index is 15.3. The first-order valence-electron chi connectivity index (χ1n) is 13.0. The summed E-state index contributed by atoms with van der Waals surface area (Å²) in [4.78, 5) is 13.6. The van der Waals surface area contributed by atoms with Gasteiger partial charge in [0.1, 0.15) is 24.0 Å². The van der Waals surface area contributed by atoms with Crippen molar-refractivity contribution in [1.82, 2.24) is 4.57 Å². The zero-order valence-corrected chi connectivity index (χ0v) is 24.9. The quantitative estimate of drug-likeness (QED) is 0.221. The molecule has 0 aliphatic rings. The van der Waals surface area contributed by atoms with Crippen LogP contribution in [0.15, 0.2) is 47.4 Å². The van der Waals surface area contributed by atoms with Crippen LogP contribution in [0.1, 0.15) is 61.8 Å². The highest BCUT2D eigenvalue weighted by Crippen LogP contribution is 2.55. The minimum Gasteiger partial charge on any atom is -0.494 e. The minimum atomic E-state index is -4.12. The third-order valence-electron chi connectivity index (χ3n) is 5.20. The summed E-state index contributed by atoms with van der Waals surface area (Å²) in [5, 5.41) is -0.165. The number of hydrogen-bond acceptors (Lipinski definition) is 7. The van der Waals surface area contributed by atoms with Crippen LogP contribution in [0.5, 0.6) is 11.5 Å². The fourth-order valence-corrected chi connectivity index (χ4v) is 5.62. The number of phosphoric acid groups is 1. The first-order valence-corrected chi connectivity index (χ1v) is 14.5. The first-order chi connectivity index (χ1) is 18.2. The maximum atomic E-state index is 15.3. The van der Waals surface area contributed by atoms with Crippen LogP contribution in [0.25, 0.3) is 22.0 Å². The summed E-state index contributed by atoms with van der Waals surface area (Å²) < 4.78 is 59.2. The number of fused-ring (bicyclic) bond motifs is 1. The number of benzene rings is 2. The van der Waals surface area contributed by atoms with Crippen LogP contribution in [0, 0.1) is 5.82 Å². The zero-order chi connectivity index (χ0) is 29.0. The summed E-state index contributed by atoms with van der Waals surface area (Å²) in [5.74, 6) is 0.239. The predicted octanol–water partition coefficient (Wildman–Crippen LogP) is 7.71. The molecule has 0 atom stereocenters. The standard InChI is InChI=1S/C29H39FNO7P/c1-9-17-35-24-16-15-23(30)25-26(24)31(19-36-39(33,37-28(3,4)5)38-29(6,7)8)18-22(27(25)32)20-11-13-21(14-12-20)34-10-2/h11-16,18H,9-10,17,19H2,1-8H3. The van der Waals surface area contributed by atoms with Crippen molar-refractivity contribution in [3.8, 4) is 22.6 Å². The van der Waals surface area contributed by atoms with Crippen LogP contribution in [-0.4, -0.2) is 29.0 Å². The fraction of sp³-hybridized carbons (Fsp3) is 0.483. The van der Waals surface area contributed by atoms with Gasteiger partial charge in [-0.3, -0.25) is 18.4 Å². The van der Waals surface area contributed by atoms with Crippen LogP contribution in [-0.2, 0) is 24.9 Å². The van der Waals surface area contributed by atoms with Crippen molar-refractivity contribution in [2.24, 2.45) is 0 Å². The second-order valence-corrected chi connectivity index (χ2v) is 12.5. The highest BCUT2D eigenvalue weighted by atomic mass is 31.2. The van der Waals surface area contributed by atoms with Crippen molar-refractivity contribution < 1.29 is 32.0 Å². The smallest absolute Gasteiger partial charge is 0.477 e. The number of pyridine rings is 1. The highest BCUT2D eigenvalue weighted by Gasteiger charge is 2.37. The van der Waals surface area contributed by atoms with Gasteiger partial charge in [-0.05, 0) is 84.7 Å². The molecule has 2 aromatic carbocycles. The van der Waals surface area contributed by atoms with Gasteiger partial charge < -0.3 is 14.0 Å². The van der Waals surface area contributed by atoms with Gasteiger partial charge in [0.15, 0.2) is 5.43 Å². The Balaban J connectivity index is 2.20. The number of nitrogens with zero attached hydrogens (tertiary/aromatic N) is 1. The molecule has 3 aromatic rings. The van der Waals surface area contributed by atoms with Crippen LogP contribution in [0.4, 0.5) is 4.39 Å². The average Bonchev–Trinajstić information content (AvgIpc) is 2.81. The molecule has 0 aliphatic carbocycles. The Bertz CT molecular complexity index is 1370. The lowest BCUT2D eigenvalue weighted by Gasteiger charge is -2.31. The number of phosphoric ester groups is 1. The second kappa shape index (κ2) is 12.2. The van der Waals surface area contributed by atoms with E-state index >= 15 is 4.39 Å². The van der Waals surface area contributed by atoms with Crippen molar-refractivity contribution >= 4 is 18.7 Å². The van der Waals surface area contributed by atoms with Crippen LogP contribution in [0.3, 0.4) is 0 Å². The lowest BCUT2D eigenvalue weighted by atomic mass is 10.0. The molecule has 3 rings (SSSR count). The predicted molar refractivity (Wildman–Crippen MR) is 151 cm³/mol. The van der Waals surface area contributed by atoms with E-state index in [0.29, 0.717) is 36.7 Å². The van der Waals surface area contributed by atoms with Gasteiger partial charge in [0, 0.05) is 11.8 Å². The van der Waals surface area contributed by atoms with Crippen molar-refractivity contribution in [2.75, 3.05) is 13.2 Å². The summed E-state index contributed by atoms with van der Waals surface area (Å²) in [6.45, 7) is 14.7. The number of rotatable bonds is 11. The third kappa shape index (κ3) is 8.15. The number of ether oxygens (including phenoxy) is 2. The number of hydrogen-bond donors (Lipinski definition) is 0. The fourth-order valence-electron chi connectivity index (χ4n) is 3.87. The second-order valence-electron chi connectivity index (χ2n) is 11.0. The van der Waals surface area contributed by atoms with Gasteiger partial charge in [-0.1, -0.05) is 19.1 Å². The Morgan fingerprint density at radius 2 is 1.51 bits per heavy atom. The van der Waals surface area contributed by atoms with Crippen LogP contribution >= 0.6 is 7.82 Å². The minimum absolute atomic E-state index is 0.165. The van der Waals surface area contributed by atoms with Gasteiger partial charge in [-0.15, -0.1) is 0 Å². The molecule has 214 valence electrons. The summed E-state index contributed by atoms with van der Waals surface area (Å²) in [6.07, 6.45) is 2.25.